The van der Waals surface area contributed by atoms with E-state index in [1.54, 1.807) is 0 Å². The van der Waals surface area contributed by atoms with Gasteiger partial charge in [0.25, 0.3) is 0 Å². The maximum absolute atomic E-state index is 13.1. The number of rotatable bonds is 36. The second-order valence-corrected chi connectivity index (χ2v) is 15.6. The van der Waals surface area contributed by atoms with Crippen molar-refractivity contribution in [2.45, 2.75) is 213 Å². The van der Waals surface area contributed by atoms with E-state index >= 15 is 0 Å². The van der Waals surface area contributed by atoms with Gasteiger partial charge in [-0.3, -0.25) is 14.4 Å². The smallest absolute Gasteiger partial charge is 0.310 e. The topological polar surface area (TPSA) is 119 Å². The molecule has 8 nitrogen and oxygen atoms in total. The monoisotopic (exact) mass is 772 g/mol. The number of carboxylic acid groups (broad SMARTS) is 1. The predicted molar refractivity (Wildman–Crippen MR) is 221 cm³/mol. The van der Waals surface area contributed by atoms with Gasteiger partial charge in [-0.05, 0) is 83.5 Å². The molecule has 0 saturated heterocycles. The summed E-state index contributed by atoms with van der Waals surface area (Å²) in [5, 5.41) is 11.7. The third-order valence-corrected chi connectivity index (χ3v) is 10.5. The summed E-state index contributed by atoms with van der Waals surface area (Å²) in [5.41, 5.74) is 0. The van der Waals surface area contributed by atoms with E-state index < -0.39 is 35.8 Å². The van der Waals surface area contributed by atoms with E-state index in [-0.39, 0.29) is 32.0 Å². The Morgan fingerprint density at radius 2 is 0.909 bits per heavy atom. The average molecular weight is 772 g/mol. The number of allylic oxidation sites excluding steroid dienone is 6. The van der Waals surface area contributed by atoms with E-state index in [1.165, 1.54) is 70.6 Å². The number of aliphatic carboxylic acids is 1. The van der Waals surface area contributed by atoms with Crippen molar-refractivity contribution in [1.82, 2.24) is 0 Å². The summed E-state index contributed by atoms with van der Waals surface area (Å²) in [5.74, 6) is -4.44. The quantitative estimate of drug-likeness (QED) is 0.0267. The Morgan fingerprint density at radius 1 is 0.527 bits per heavy atom. The molecule has 1 fully saturated rings. The van der Waals surface area contributed by atoms with E-state index in [0.717, 1.165) is 83.5 Å². The van der Waals surface area contributed by atoms with Crippen molar-refractivity contribution < 1.29 is 38.5 Å². The molecule has 1 aliphatic rings. The molecule has 1 rings (SSSR count). The molecule has 0 aromatic carbocycles. The number of unbranched alkanes of at least 4 members (excludes halogenated alkanes) is 19. The van der Waals surface area contributed by atoms with Gasteiger partial charge in [0.05, 0.1) is 5.92 Å². The highest BCUT2D eigenvalue weighted by Crippen LogP contribution is 2.31. The zero-order chi connectivity index (χ0) is 40.0. The maximum atomic E-state index is 13.1. The van der Waals surface area contributed by atoms with Crippen LogP contribution in [0.2, 0.25) is 0 Å². The number of hydrogen-bond acceptors (Lipinski definition) is 8. The van der Waals surface area contributed by atoms with Crippen LogP contribution in [-0.4, -0.2) is 43.2 Å². The molecule has 0 N–H and O–H groups in total. The number of carboxylic acids is 1. The summed E-state index contributed by atoms with van der Waals surface area (Å²) in [6, 6.07) is 0. The highest BCUT2D eigenvalue weighted by molar-refractivity contribution is 5.80. The molecule has 0 aromatic heterocycles. The van der Waals surface area contributed by atoms with Crippen LogP contribution in [0.25, 0.3) is 0 Å². The molecular formula is C47H79O8-. The van der Waals surface area contributed by atoms with Crippen LogP contribution in [0.15, 0.2) is 36.5 Å². The Kier molecular flexibility index (Phi) is 33.5. The van der Waals surface area contributed by atoms with Gasteiger partial charge in [0.2, 0.25) is 0 Å². The lowest BCUT2D eigenvalue weighted by Gasteiger charge is -2.31. The minimum atomic E-state index is -1.26. The Bertz CT molecular complexity index is 1060. The lowest BCUT2D eigenvalue weighted by molar-refractivity contribution is -0.314. The molecule has 316 valence electrons. The van der Waals surface area contributed by atoms with E-state index in [9.17, 15) is 24.3 Å². The molecule has 1 aliphatic carbocycles. The summed E-state index contributed by atoms with van der Waals surface area (Å²) in [4.78, 5) is 49.8. The van der Waals surface area contributed by atoms with Crippen molar-refractivity contribution in [1.29, 1.82) is 0 Å². The number of hydrogen-bond donors (Lipinski definition) is 0. The first-order chi connectivity index (χ1) is 26.9. The van der Waals surface area contributed by atoms with Crippen molar-refractivity contribution in [2.24, 2.45) is 11.8 Å². The first kappa shape index (κ1) is 50.1. The molecule has 0 bridgehead atoms. The lowest BCUT2D eigenvalue weighted by atomic mass is 9.79. The number of carbonyl (C=O) groups is 4. The number of ether oxygens (including phenoxy) is 3. The minimum Gasteiger partial charge on any atom is -0.550 e. The first-order valence-electron chi connectivity index (χ1n) is 22.6. The summed E-state index contributed by atoms with van der Waals surface area (Å²) in [7, 11) is 0. The third-order valence-electron chi connectivity index (χ3n) is 10.5. The minimum absolute atomic E-state index is 0.241. The SMILES string of the molecule is CCCCC/C=C\C/C=C\CCCCCCCC(=O)OCC(COC(=O)CCCCCCC/C=C\CCCCCCCC)OC(=O)C1CCCCC1C(=O)[O-]. The molecule has 55 heavy (non-hydrogen) atoms. The second-order valence-electron chi connectivity index (χ2n) is 15.6. The molecular weight excluding hydrogens is 693 g/mol. The van der Waals surface area contributed by atoms with Crippen molar-refractivity contribution in [3.8, 4) is 0 Å². The van der Waals surface area contributed by atoms with Crippen LogP contribution in [-0.2, 0) is 33.4 Å². The van der Waals surface area contributed by atoms with Gasteiger partial charge in [-0.2, -0.15) is 0 Å². The van der Waals surface area contributed by atoms with Gasteiger partial charge in [-0.1, -0.05) is 147 Å². The molecule has 1 saturated carbocycles. The van der Waals surface area contributed by atoms with Crippen molar-refractivity contribution >= 4 is 23.9 Å². The Labute approximate surface area is 335 Å². The standard InChI is InChI=1S/C47H80O8/c1-3-5-7-9-11-13-15-17-19-21-23-25-27-29-31-37-44(48)53-39-41(55-47(52)43-36-34-33-35-42(43)46(50)51)40-54-45(49)38-32-30-28-26-24-22-20-18-16-14-12-10-8-6-4-2/h11,13,17-20,41-43H,3-10,12,14-16,21-40H2,1-2H3,(H,50,51)/p-1/b13-11-,19-17-,20-18-. The van der Waals surface area contributed by atoms with E-state index in [0.29, 0.717) is 25.7 Å². The predicted octanol–water partition coefficient (Wildman–Crippen LogP) is 11.4. The molecule has 8 heteroatoms. The van der Waals surface area contributed by atoms with Crippen LogP contribution >= 0.6 is 0 Å². The van der Waals surface area contributed by atoms with Gasteiger partial charge in [-0.15, -0.1) is 0 Å². The van der Waals surface area contributed by atoms with Crippen LogP contribution < -0.4 is 5.11 Å². The molecule has 0 heterocycles. The van der Waals surface area contributed by atoms with Gasteiger partial charge in [-0.25, -0.2) is 0 Å². The summed E-state index contributed by atoms with van der Waals surface area (Å²) in [6.45, 7) is 3.99. The molecule has 0 radical (unpaired) electrons. The zero-order valence-electron chi connectivity index (χ0n) is 35.1. The molecule has 0 spiro atoms. The largest absolute Gasteiger partial charge is 0.550 e. The van der Waals surface area contributed by atoms with Crippen molar-refractivity contribution in [3.63, 3.8) is 0 Å². The fraction of sp³-hybridized carbons (Fsp3) is 0.787. The fourth-order valence-electron chi connectivity index (χ4n) is 7.00. The molecule has 0 aromatic rings. The van der Waals surface area contributed by atoms with Crippen LogP contribution in [0, 0.1) is 11.8 Å². The molecule has 0 amide bonds. The normalized spacial score (nSPS) is 16.5. The molecule has 3 unspecified atom stereocenters. The second kappa shape index (κ2) is 36.7. The third kappa shape index (κ3) is 30.0. The van der Waals surface area contributed by atoms with Crippen LogP contribution in [0.3, 0.4) is 0 Å². The van der Waals surface area contributed by atoms with E-state index in [4.69, 9.17) is 14.2 Å². The molecule has 3 atom stereocenters. The molecule has 0 aliphatic heterocycles. The number of carbonyl (C=O) groups excluding carboxylic acids is 4. The zero-order valence-corrected chi connectivity index (χ0v) is 35.1. The highest BCUT2D eigenvalue weighted by atomic mass is 16.6. The van der Waals surface area contributed by atoms with E-state index in [2.05, 4.69) is 50.3 Å². The van der Waals surface area contributed by atoms with Gasteiger partial charge in [0.1, 0.15) is 13.2 Å². The Balaban J connectivity index is 2.33. The van der Waals surface area contributed by atoms with Gasteiger partial charge in [0.15, 0.2) is 6.10 Å². The van der Waals surface area contributed by atoms with E-state index in [1.807, 2.05) is 0 Å². The van der Waals surface area contributed by atoms with Crippen molar-refractivity contribution in [2.75, 3.05) is 13.2 Å². The Morgan fingerprint density at radius 3 is 1.38 bits per heavy atom. The van der Waals surface area contributed by atoms with Gasteiger partial charge >= 0.3 is 17.9 Å². The fourth-order valence-corrected chi connectivity index (χ4v) is 7.00. The van der Waals surface area contributed by atoms with Crippen LogP contribution in [0.5, 0.6) is 0 Å². The van der Waals surface area contributed by atoms with Crippen LogP contribution in [0.4, 0.5) is 0 Å². The number of esters is 3. The summed E-state index contributed by atoms with van der Waals surface area (Å²) in [6.07, 6.45) is 42.6. The first-order valence-corrected chi connectivity index (χ1v) is 22.6. The maximum Gasteiger partial charge on any atom is 0.310 e. The van der Waals surface area contributed by atoms with Gasteiger partial charge < -0.3 is 24.1 Å². The van der Waals surface area contributed by atoms with Crippen molar-refractivity contribution in [3.05, 3.63) is 36.5 Å². The summed E-state index contributed by atoms with van der Waals surface area (Å²) < 4.78 is 16.5. The summed E-state index contributed by atoms with van der Waals surface area (Å²) >= 11 is 0. The lowest BCUT2D eigenvalue weighted by Crippen LogP contribution is -2.43. The highest BCUT2D eigenvalue weighted by Gasteiger charge is 2.34. The van der Waals surface area contributed by atoms with Crippen LogP contribution in [0.1, 0.15) is 206 Å². The Hall–Kier alpha value is -2.90. The van der Waals surface area contributed by atoms with Gasteiger partial charge in [0, 0.05) is 24.7 Å². The average Bonchev–Trinajstić information content (AvgIpc) is 3.18.